The summed E-state index contributed by atoms with van der Waals surface area (Å²) in [4.78, 5) is 36.6. The molecule has 2 N–H and O–H groups in total. The third kappa shape index (κ3) is 4.45. The van der Waals surface area contributed by atoms with Gasteiger partial charge in [-0.1, -0.05) is 44.2 Å². The van der Waals surface area contributed by atoms with Crippen LogP contribution in [-0.4, -0.2) is 23.0 Å². The molecule has 5 nitrogen and oxygen atoms in total. The van der Waals surface area contributed by atoms with E-state index in [9.17, 15) is 14.4 Å². The number of ether oxygens (including phenoxy) is 1. The Morgan fingerprint density at radius 1 is 0.966 bits per heavy atom. The van der Waals surface area contributed by atoms with Gasteiger partial charge in [-0.25, -0.2) is 4.79 Å². The van der Waals surface area contributed by atoms with Crippen LogP contribution in [-0.2, 0) is 25.7 Å². The fourth-order valence-corrected chi connectivity index (χ4v) is 7.36. The highest BCUT2D eigenvalue weighted by Crippen LogP contribution is 2.70. The fraction of sp³-hybridized carbons (Fsp3) is 0.625. The van der Waals surface area contributed by atoms with Gasteiger partial charge in [0, 0.05) is 6.42 Å². The zero-order valence-corrected chi connectivity index (χ0v) is 17.5. The van der Waals surface area contributed by atoms with E-state index >= 15 is 0 Å². The van der Waals surface area contributed by atoms with Gasteiger partial charge in [-0.05, 0) is 72.7 Å². The van der Waals surface area contributed by atoms with Crippen molar-refractivity contribution >= 4 is 17.5 Å². The van der Waals surface area contributed by atoms with Gasteiger partial charge in [-0.2, -0.15) is 0 Å². The van der Waals surface area contributed by atoms with E-state index in [0.29, 0.717) is 10.8 Å². The molecule has 29 heavy (non-hydrogen) atoms. The standard InChI is InChI=1S/C24H30O4.H2O/c1-22-10-18-11-23(2,14-22)16-24(12-18,15-22)9-8-19(25)20(26)21(27)28-13-17-6-4-3-5-7-17;/h3-7,18H,8-16H2,1-2H3;1H2. The minimum Gasteiger partial charge on any atom is -0.455 e. The predicted octanol–water partition coefficient (Wildman–Crippen LogP) is 3.82. The topological polar surface area (TPSA) is 91.9 Å². The summed E-state index contributed by atoms with van der Waals surface area (Å²) in [6, 6.07) is 9.16. The lowest BCUT2D eigenvalue weighted by Gasteiger charge is -2.65. The first-order valence-electron chi connectivity index (χ1n) is 10.5. The first kappa shape index (κ1) is 21.7. The Balaban J connectivity index is 0.00000240. The zero-order chi connectivity index (χ0) is 20.0. The van der Waals surface area contributed by atoms with Gasteiger partial charge in [-0.15, -0.1) is 0 Å². The van der Waals surface area contributed by atoms with Crippen LogP contribution in [0.4, 0.5) is 0 Å². The van der Waals surface area contributed by atoms with Crippen LogP contribution in [0.2, 0.25) is 0 Å². The van der Waals surface area contributed by atoms with Crippen LogP contribution in [0.3, 0.4) is 0 Å². The lowest BCUT2D eigenvalue weighted by atomic mass is 9.39. The van der Waals surface area contributed by atoms with Crippen LogP contribution >= 0.6 is 0 Å². The Bertz CT molecular complexity index is 781. The molecule has 2 atom stereocenters. The highest BCUT2D eigenvalue weighted by molar-refractivity contribution is 6.62. The molecule has 4 aliphatic carbocycles. The normalized spacial score (nSPS) is 34.3. The van der Waals surface area contributed by atoms with Crippen molar-refractivity contribution < 1.29 is 24.6 Å². The molecule has 0 saturated heterocycles. The van der Waals surface area contributed by atoms with Crippen molar-refractivity contribution in [3.05, 3.63) is 35.9 Å². The monoisotopic (exact) mass is 400 g/mol. The van der Waals surface area contributed by atoms with Crippen LogP contribution in [0.1, 0.15) is 70.8 Å². The molecule has 5 heteroatoms. The van der Waals surface area contributed by atoms with Crippen LogP contribution in [0, 0.1) is 22.2 Å². The van der Waals surface area contributed by atoms with Gasteiger partial charge in [0.05, 0.1) is 0 Å². The van der Waals surface area contributed by atoms with Gasteiger partial charge in [0.25, 0.3) is 0 Å². The maximum absolute atomic E-state index is 12.4. The number of carbonyl (C=O) groups is 3. The quantitative estimate of drug-likeness (QED) is 0.395. The highest BCUT2D eigenvalue weighted by atomic mass is 16.5. The zero-order valence-electron chi connectivity index (χ0n) is 17.5. The van der Waals surface area contributed by atoms with Crippen molar-refractivity contribution in [2.24, 2.45) is 22.2 Å². The summed E-state index contributed by atoms with van der Waals surface area (Å²) in [6.45, 7) is 4.82. The van der Waals surface area contributed by atoms with E-state index in [2.05, 4.69) is 13.8 Å². The molecule has 0 heterocycles. The van der Waals surface area contributed by atoms with Gasteiger partial charge in [0.15, 0.2) is 0 Å². The van der Waals surface area contributed by atoms with E-state index in [-0.39, 0.29) is 23.9 Å². The molecule has 0 aromatic heterocycles. The van der Waals surface area contributed by atoms with Crippen molar-refractivity contribution in [3.63, 3.8) is 0 Å². The van der Waals surface area contributed by atoms with Crippen molar-refractivity contribution in [1.82, 2.24) is 0 Å². The fourth-order valence-electron chi connectivity index (χ4n) is 7.36. The van der Waals surface area contributed by atoms with Gasteiger partial charge in [0.2, 0.25) is 5.78 Å². The third-order valence-electron chi connectivity index (χ3n) is 7.28. The molecule has 5 rings (SSSR count). The molecule has 4 bridgehead atoms. The number of ketones is 2. The molecule has 0 amide bonds. The van der Waals surface area contributed by atoms with E-state index in [4.69, 9.17) is 4.74 Å². The average Bonchev–Trinajstić information content (AvgIpc) is 2.61. The van der Waals surface area contributed by atoms with Crippen LogP contribution < -0.4 is 0 Å². The van der Waals surface area contributed by atoms with Crippen LogP contribution in [0.25, 0.3) is 0 Å². The molecule has 158 valence electrons. The molecule has 4 aliphatic rings. The minimum atomic E-state index is -1.03. The van der Waals surface area contributed by atoms with Crippen LogP contribution in [0.5, 0.6) is 0 Å². The van der Waals surface area contributed by atoms with Gasteiger partial charge in [0.1, 0.15) is 6.61 Å². The van der Waals surface area contributed by atoms with E-state index < -0.39 is 17.5 Å². The van der Waals surface area contributed by atoms with Gasteiger partial charge in [-0.3, -0.25) is 9.59 Å². The number of carbonyl (C=O) groups excluding carboxylic acids is 3. The number of rotatable bonds is 7. The molecular formula is C24H32O5. The second kappa shape index (κ2) is 7.67. The second-order valence-electron chi connectivity index (χ2n) is 10.4. The van der Waals surface area contributed by atoms with E-state index in [1.807, 2.05) is 30.3 Å². The van der Waals surface area contributed by atoms with Crippen molar-refractivity contribution in [2.75, 3.05) is 0 Å². The summed E-state index contributed by atoms with van der Waals surface area (Å²) < 4.78 is 5.03. The molecule has 1 aromatic rings. The summed E-state index contributed by atoms with van der Waals surface area (Å²) in [7, 11) is 0. The lowest BCUT2D eigenvalue weighted by Crippen LogP contribution is -2.55. The van der Waals surface area contributed by atoms with Crippen LogP contribution in [0.15, 0.2) is 30.3 Å². The highest BCUT2D eigenvalue weighted by Gasteiger charge is 2.59. The predicted molar refractivity (Wildman–Crippen MR) is 109 cm³/mol. The SMILES string of the molecule is CC12CC3CC(C)(C1)CC(CCC(=O)C(=O)C(=O)OCc1ccccc1)(C3)C2.O. The van der Waals surface area contributed by atoms with Gasteiger partial charge < -0.3 is 10.2 Å². The minimum absolute atomic E-state index is 0. The molecule has 2 unspecified atom stereocenters. The van der Waals surface area contributed by atoms with Crippen molar-refractivity contribution in [2.45, 2.75) is 71.8 Å². The molecule has 4 saturated carbocycles. The Morgan fingerprint density at radius 3 is 2.17 bits per heavy atom. The summed E-state index contributed by atoms with van der Waals surface area (Å²) in [6.07, 6.45) is 8.29. The molecule has 0 aliphatic heterocycles. The number of Topliss-reactive ketones (excluding diaryl/α,β-unsaturated/α-hetero) is 2. The molecule has 1 aromatic carbocycles. The lowest BCUT2D eigenvalue weighted by molar-refractivity contribution is -0.160. The van der Waals surface area contributed by atoms with E-state index in [1.54, 1.807) is 0 Å². The molecular weight excluding hydrogens is 368 g/mol. The Morgan fingerprint density at radius 2 is 1.59 bits per heavy atom. The summed E-state index contributed by atoms with van der Waals surface area (Å²) in [5, 5.41) is 0. The van der Waals surface area contributed by atoms with Crippen molar-refractivity contribution in [3.8, 4) is 0 Å². The van der Waals surface area contributed by atoms with E-state index in [1.165, 1.54) is 25.7 Å². The average molecular weight is 401 g/mol. The second-order valence-corrected chi connectivity index (χ2v) is 10.4. The molecule has 0 spiro atoms. The number of benzene rings is 1. The molecule has 0 radical (unpaired) electrons. The Hall–Kier alpha value is -2.01. The summed E-state index contributed by atoms with van der Waals surface area (Å²) >= 11 is 0. The number of hydrogen-bond acceptors (Lipinski definition) is 4. The maximum atomic E-state index is 12.4. The smallest absolute Gasteiger partial charge is 0.383 e. The maximum Gasteiger partial charge on any atom is 0.383 e. The Labute approximate surface area is 172 Å². The number of esters is 1. The van der Waals surface area contributed by atoms with E-state index in [0.717, 1.165) is 30.7 Å². The molecule has 4 fully saturated rings. The third-order valence-corrected chi connectivity index (χ3v) is 7.28. The van der Waals surface area contributed by atoms with Gasteiger partial charge >= 0.3 is 11.8 Å². The van der Waals surface area contributed by atoms with Crippen molar-refractivity contribution in [1.29, 1.82) is 0 Å². The summed E-state index contributed by atoms with van der Waals surface area (Å²) in [5.74, 6) is -1.87. The number of hydrogen-bond donors (Lipinski definition) is 0. The Kier molecular flexibility index (Phi) is 5.74. The first-order valence-corrected chi connectivity index (χ1v) is 10.5. The largest absolute Gasteiger partial charge is 0.455 e. The summed E-state index contributed by atoms with van der Waals surface area (Å²) in [5.41, 5.74) is 1.74. The first-order chi connectivity index (χ1) is 13.2.